The van der Waals surface area contributed by atoms with Gasteiger partial charge in [0.25, 0.3) is 0 Å². The van der Waals surface area contributed by atoms with Crippen molar-refractivity contribution >= 4 is 5.97 Å². The van der Waals surface area contributed by atoms with E-state index in [1.54, 1.807) is 0 Å². The van der Waals surface area contributed by atoms with Gasteiger partial charge in [-0.05, 0) is 19.3 Å². The van der Waals surface area contributed by atoms with E-state index in [9.17, 15) is 4.79 Å². The summed E-state index contributed by atoms with van der Waals surface area (Å²) in [5, 5.41) is 0. The standard InChI is InChI=1S/C12H24O4/c1-4-14-8-9-15-7-5-6-12(13)16-10-11(2)3/h11H,4-10H2,1-3H3. The van der Waals surface area contributed by atoms with E-state index < -0.39 is 0 Å². The van der Waals surface area contributed by atoms with Gasteiger partial charge in [0.2, 0.25) is 0 Å². The van der Waals surface area contributed by atoms with Gasteiger partial charge in [0.05, 0.1) is 19.8 Å². The first-order chi connectivity index (χ1) is 7.66. The van der Waals surface area contributed by atoms with E-state index in [1.165, 1.54) is 0 Å². The maximum atomic E-state index is 11.2. The fourth-order valence-electron chi connectivity index (χ4n) is 1.01. The third-order valence-electron chi connectivity index (χ3n) is 1.82. The summed E-state index contributed by atoms with van der Waals surface area (Å²) in [6.45, 7) is 9.00. The molecule has 0 rings (SSSR count). The van der Waals surface area contributed by atoms with Crippen molar-refractivity contribution in [2.45, 2.75) is 33.6 Å². The molecule has 0 aromatic carbocycles. The normalized spacial score (nSPS) is 10.8. The molecule has 0 saturated heterocycles. The highest BCUT2D eigenvalue weighted by Gasteiger charge is 2.03. The summed E-state index contributed by atoms with van der Waals surface area (Å²) in [5.74, 6) is 0.258. The Bertz CT molecular complexity index is 168. The van der Waals surface area contributed by atoms with E-state index in [1.807, 2.05) is 20.8 Å². The van der Waals surface area contributed by atoms with Crippen molar-refractivity contribution in [2.75, 3.05) is 33.0 Å². The summed E-state index contributed by atoms with van der Waals surface area (Å²) < 4.78 is 15.4. The molecule has 0 bridgehead atoms. The molecule has 0 atom stereocenters. The SMILES string of the molecule is CCOCCOCCCC(=O)OCC(C)C. The van der Waals surface area contributed by atoms with Crippen molar-refractivity contribution < 1.29 is 19.0 Å². The summed E-state index contributed by atoms with van der Waals surface area (Å²) in [6, 6.07) is 0. The molecular formula is C12H24O4. The lowest BCUT2D eigenvalue weighted by molar-refractivity contribution is -0.145. The molecule has 0 aliphatic carbocycles. The van der Waals surface area contributed by atoms with E-state index >= 15 is 0 Å². The number of carbonyl (C=O) groups is 1. The lowest BCUT2D eigenvalue weighted by Gasteiger charge is -2.07. The number of ether oxygens (including phenoxy) is 3. The Morgan fingerprint density at radius 1 is 1.12 bits per heavy atom. The second-order valence-electron chi connectivity index (χ2n) is 3.99. The number of rotatable bonds is 10. The molecule has 16 heavy (non-hydrogen) atoms. The Kier molecular flexibility index (Phi) is 10.5. The first-order valence-corrected chi connectivity index (χ1v) is 5.98. The van der Waals surface area contributed by atoms with Gasteiger partial charge in [0.15, 0.2) is 0 Å². The van der Waals surface area contributed by atoms with Crippen LogP contribution in [0.1, 0.15) is 33.6 Å². The molecule has 4 heteroatoms. The highest BCUT2D eigenvalue weighted by molar-refractivity contribution is 5.69. The fourth-order valence-corrected chi connectivity index (χ4v) is 1.01. The van der Waals surface area contributed by atoms with Crippen LogP contribution in [0.15, 0.2) is 0 Å². The van der Waals surface area contributed by atoms with E-state index in [0.29, 0.717) is 51.8 Å². The van der Waals surface area contributed by atoms with Crippen molar-refractivity contribution in [3.63, 3.8) is 0 Å². The van der Waals surface area contributed by atoms with Gasteiger partial charge in [-0.15, -0.1) is 0 Å². The monoisotopic (exact) mass is 232 g/mol. The Labute approximate surface area is 98.3 Å². The third-order valence-corrected chi connectivity index (χ3v) is 1.82. The van der Waals surface area contributed by atoms with Gasteiger partial charge in [0.1, 0.15) is 0 Å². The fraction of sp³-hybridized carbons (Fsp3) is 0.917. The zero-order chi connectivity index (χ0) is 12.2. The van der Waals surface area contributed by atoms with Crippen molar-refractivity contribution in [2.24, 2.45) is 5.92 Å². The minimum absolute atomic E-state index is 0.137. The maximum Gasteiger partial charge on any atom is 0.305 e. The highest BCUT2D eigenvalue weighted by atomic mass is 16.5. The smallest absolute Gasteiger partial charge is 0.305 e. The van der Waals surface area contributed by atoms with E-state index in [0.717, 1.165) is 0 Å². The van der Waals surface area contributed by atoms with Crippen molar-refractivity contribution in [1.82, 2.24) is 0 Å². The largest absolute Gasteiger partial charge is 0.465 e. The predicted molar refractivity (Wildman–Crippen MR) is 62.3 cm³/mol. The van der Waals surface area contributed by atoms with Gasteiger partial charge in [-0.2, -0.15) is 0 Å². The Morgan fingerprint density at radius 3 is 2.44 bits per heavy atom. The molecular weight excluding hydrogens is 208 g/mol. The molecule has 0 aromatic rings. The Hall–Kier alpha value is -0.610. The van der Waals surface area contributed by atoms with Crippen LogP contribution in [-0.4, -0.2) is 39.0 Å². The lowest BCUT2D eigenvalue weighted by Crippen LogP contribution is -2.11. The van der Waals surface area contributed by atoms with Gasteiger partial charge in [-0.3, -0.25) is 4.79 Å². The summed E-state index contributed by atoms with van der Waals surface area (Å²) in [4.78, 5) is 11.2. The Morgan fingerprint density at radius 2 is 1.81 bits per heavy atom. The third kappa shape index (κ3) is 11.5. The summed E-state index contributed by atoms with van der Waals surface area (Å²) in [7, 11) is 0. The van der Waals surface area contributed by atoms with Crippen molar-refractivity contribution in [3.05, 3.63) is 0 Å². The van der Waals surface area contributed by atoms with Gasteiger partial charge in [0, 0.05) is 19.6 Å². The van der Waals surface area contributed by atoms with E-state index in [4.69, 9.17) is 14.2 Å². The lowest BCUT2D eigenvalue weighted by atomic mass is 10.2. The van der Waals surface area contributed by atoms with Crippen LogP contribution in [0.4, 0.5) is 0 Å². The molecule has 0 N–H and O–H groups in total. The van der Waals surface area contributed by atoms with E-state index in [2.05, 4.69) is 0 Å². The molecule has 0 fully saturated rings. The maximum absolute atomic E-state index is 11.2. The molecule has 0 aliphatic rings. The number of hydrogen-bond acceptors (Lipinski definition) is 4. The average Bonchev–Trinajstić information content (AvgIpc) is 2.25. The van der Waals surface area contributed by atoms with Crippen LogP contribution < -0.4 is 0 Å². The highest BCUT2D eigenvalue weighted by Crippen LogP contribution is 1.98. The van der Waals surface area contributed by atoms with Crippen LogP contribution in [0.5, 0.6) is 0 Å². The number of esters is 1. The summed E-state index contributed by atoms with van der Waals surface area (Å²) in [6.07, 6.45) is 1.14. The average molecular weight is 232 g/mol. The zero-order valence-corrected chi connectivity index (χ0v) is 10.7. The topological polar surface area (TPSA) is 44.8 Å². The molecule has 0 aromatic heterocycles. The molecule has 4 nitrogen and oxygen atoms in total. The first kappa shape index (κ1) is 15.4. The van der Waals surface area contributed by atoms with Crippen molar-refractivity contribution in [3.8, 4) is 0 Å². The molecule has 96 valence electrons. The van der Waals surface area contributed by atoms with Crippen LogP contribution in [0.2, 0.25) is 0 Å². The van der Waals surface area contributed by atoms with Crippen LogP contribution in [0, 0.1) is 5.92 Å². The number of carbonyl (C=O) groups excluding carboxylic acids is 1. The summed E-state index contributed by atoms with van der Waals surface area (Å²) >= 11 is 0. The summed E-state index contributed by atoms with van der Waals surface area (Å²) in [5.41, 5.74) is 0. The molecule has 0 radical (unpaired) electrons. The van der Waals surface area contributed by atoms with Gasteiger partial charge in [-0.25, -0.2) is 0 Å². The molecule has 0 aliphatic heterocycles. The van der Waals surface area contributed by atoms with Crippen LogP contribution in [0.25, 0.3) is 0 Å². The zero-order valence-electron chi connectivity index (χ0n) is 10.7. The second-order valence-corrected chi connectivity index (χ2v) is 3.99. The minimum Gasteiger partial charge on any atom is -0.465 e. The molecule has 0 spiro atoms. The minimum atomic E-state index is -0.137. The number of hydrogen-bond donors (Lipinski definition) is 0. The molecule has 0 saturated carbocycles. The van der Waals surface area contributed by atoms with Gasteiger partial charge in [-0.1, -0.05) is 13.8 Å². The molecule has 0 unspecified atom stereocenters. The quantitative estimate of drug-likeness (QED) is 0.427. The van der Waals surface area contributed by atoms with Crippen LogP contribution in [-0.2, 0) is 19.0 Å². The first-order valence-electron chi connectivity index (χ1n) is 5.98. The van der Waals surface area contributed by atoms with Gasteiger partial charge >= 0.3 is 5.97 Å². The van der Waals surface area contributed by atoms with Crippen molar-refractivity contribution in [1.29, 1.82) is 0 Å². The van der Waals surface area contributed by atoms with Crippen LogP contribution >= 0.6 is 0 Å². The predicted octanol–water partition coefficient (Wildman–Crippen LogP) is 2.02. The van der Waals surface area contributed by atoms with Crippen LogP contribution in [0.3, 0.4) is 0 Å². The van der Waals surface area contributed by atoms with Gasteiger partial charge < -0.3 is 14.2 Å². The Balaban J connectivity index is 3.15. The second kappa shape index (κ2) is 10.9. The molecule has 0 amide bonds. The van der Waals surface area contributed by atoms with E-state index in [-0.39, 0.29) is 5.97 Å². The molecule has 0 heterocycles.